The average Bonchev–Trinajstić information content (AvgIpc) is 2.54. The van der Waals surface area contributed by atoms with Crippen LogP contribution in [0.4, 0.5) is 0 Å². The number of hydrogen-bond donors (Lipinski definition) is 0. The topological polar surface area (TPSA) is 35.5 Å². The molecule has 0 spiro atoms. The maximum absolute atomic E-state index is 10.4. The third-order valence-corrected chi connectivity index (χ3v) is 3.21. The molecule has 1 heterocycles. The Balaban J connectivity index is 2.41. The van der Waals surface area contributed by atoms with Crippen molar-refractivity contribution in [3.05, 3.63) is 22.2 Å². The van der Waals surface area contributed by atoms with Crippen LogP contribution in [0.5, 0.6) is 11.5 Å². The van der Waals surface area contributed by atoms with Gasteiger partial charge in [-0.3, -0.25) is 0 Å². The molecule has 0 amide bonds. The van der Waals surface area contributed by atoms with E-state index in [2.05, 4.69) is 0 Å². The van der Waals surface area contributed by atoms with Crippen LogP contribution in [0.3, 0.4) is 0 Å². The minimum atomic E-state index is 0.472. The summed E-state index contributed by atoms with van der Waals surface area (Å²) in [6, 6.07) is 1.79. The second kappa shape index (κ2) is 5.41. The molecular weight excluding hydrogens is 240 g/mol. The van der Waals surface area contributed by atoms with E-state index in [1.54, 1.807) is 6.07 Å². The molecule has 1 aromatic carbocycles. The lowest BCUT2D eigenvalue weighted by Gasteiger charge is -2.15. The van der Waals surface area contributed by atoms with Crippen molar-refractivity contribution >= 4 is 17.9 Å². The molecule has 0 saturated carbocycles. The number of carbonyl (C=O) groups is 1. The number of ether oxygens (including phenoxy) is 2. The largest absolute Gasteiger partial charge is 0.489 e. The quantitative estimate of drug-likeness (QED) is 0.778. The van der Waals surface area contributed by atoms with Crippen molar-refractivity contribution < 1.29 is 14.3 Å². The number of aldehydes is 1. The molecule has 0 aromatic heterocycles. The van der Waals surface area contributed by atoms with E-state index in [9.17, 15) is 4.79 Å². The molecule has 0 aliphatic carbocycles. The van der Waals surface area contributed by atoms with Gasteiger partial charge in [0.05, 0.1) is 13.2 Å². The molecule has 0 N–H and O–H groups in total. The Morgan fingerprint density at radius 3 is 2.94 bits per heavy atom. The first-order valence-electron chi connectivity index (χ1n) is 5.75. The van der Waals surface area contributed by atoms with Crippen molar-refractivity contribution in [2.24, 2.45) is 0 Å². The highest BCUT2D eigenvalue weighted by molar-refractivity contribution is 6.31. The van der Waals surface area contributed by atoms with Crippen LogP contribution in [0.2, 0.25) is 5.02 Å². The van der Waals surface area contributed by atoms with Gasteiger partial charge in [-0.1, -0.05) is 11.6 Å². The van der Waals surface area contributed by atoms with E-state index < -0.39 is 0 Å². The maximum Gasteiger partial charge on any atom is 0.164 e. The van der Waals surface area contributed by atoms with Crippen LogP contribution >= 0.6 is 11.6 Å². The monoisotopic (exact) mass is 254 g/mol. The first kappa shape index (κ1) is 12.2. The van der Waals surface area contributed by atoms with Gasteiger partial charge in [-0.15, -0.1) is 0 Å². The summed E-state index contributed by atoms with van der Waals surface area (Å²) in [6.45, 7) is 3.26. The fourth-order valence-corrected chi connectivity index (χ4v) is 2.32. The molecule has 0 fully saturated rings. The van der Waals surface area contributed by atoms with Gasteiger partial charge in [-0.25, -0.2) is 0 Å². The van der Waals surface area contributed by atoms with Gasteiger partial charge in [0, 0.05) is 23.9 Å². The van der Waals surface area contributed by atoms with Gasteiger partial charge >= 0.3 is 0 Å². The maximum atomic E-state index is 10.4. The van der Waals surface area contributed by atoms with E-state index in [-0.39, 0.29) is 0 Å². The number of halogens is 1. The van der Waals surface area contributed by atoms with E-state index in [0.29, 0.717) is 36.8 Å². The molecule has 2 rings (SSSR count). The molecule has 3 nitrogen and oxygen atoms in total. The number of carbonyl (C=O) groups excluding carboxylic acids is 1. The predicted octanol–water partition coefficient (Wildman–Crippen LogP) is 2.94. The molecule has 0 unspecified atom stereocenters. The van der Waals surface area contributed by atoms with Crippen LogP contribution in [0.15, 0.2) is 6.07 Å². The third-order valence-electron chi connectivity index (χ3n) is 2.87. The second-order valence-corrected chi connectivity index (χ2v) is 4.45. The van der Waals surface area contributed by atoms with Gasteiger partial charge in [-0.05, 0) is 24.5 Å². The van der Waals surface area contributed by atoms with Gasteiger partial charge in [-0.2, -0.15) is 0 Å². The zero-order valence-corrected chi connectivity index (χ0v) is 10.5. The molecule has 0 bridgehead atoms. The lowest BCUT2D eigenvalue weighted by molar-refractivity contribution is -0.107. The summed E-state index contributed by atoms with van der Waals surface area (Å²) in [5.41, 5.74) is 1.96. The molecule has 1 aliphatic heterocycles. The Labute approximate surface area is 106 Å². The van der Waals surface area contributed by atoms with Crippen molar-refractivity contribution in [3.8, 4) is 11.5 Å². The Kier molecular flexibility index (Phi) is 3.89. The smallest absolute Gasteiger partial charge is 0.164 e. The highest BCUT2D eigenvalue weighted by atomic mass is 35.5. The molecule has 17 heavy (non-hydrogen) atoms. The molecule has 4 heteroatoms. The highest BCUT2D eigenvalue weighted by Crippen LogP contribution is 2.39. The van der Waals surface area contributed by atoms with Crippen LogP contribution in [0.25, 0.3) is 0 Å². The summed E-state index contributed by atoms with van der Waals surface area (Å²) < 4.78 is 11.3. The molecule has 1 aromatic rings. The van der Waals surface area contributed by atoms with E-state index in [0.717, 1.165) is 29.6 Å². The summed E-state index contributed by atoms with van der Waals surface area (Å²) in [5.74, 6) is 1.48. The number of fused-ring (bicyclic) bond motifs is 1. The highest BCUT2D eigenvalue weighted by Gasteiger charge is 2.18. The van der Waals surface area contributed by atoms with Gasteiger partial charge in [0.15, 0.2) is 11.5 Å². The van der Waals surface area contributed by atoms with E-state index in [1.165, 1.54) is 0 Å². The van der Waals surface area contributed by atoms with E-state index >= 15 is 0 Å². The van der Waals surface area contributed by atoms with Gasteiger partial charge in [0.2, 0.25) is 0 Å². The first-order valence-corrected chi connectivity index (χ1v) is 6.13. The second-order valence-electron chi connectivity index (χ2n) is 4.05. The van der Waals surface area contributed by atoms with Crippen LogP contribution in [0.1, 0.15) is 24.0 Å². The Bertz CT molecular complexity index is 429. The lowest BCUT2D eigenvalue weighted by Crippen LogP contribution is -2.00. The van der Waals surface area contributed by atoms with Crippen molar-refractivity contribution in [2.75, 3.05) is 13.2 Å². The van der Waals surface area contributed by atoms with Crippen LogP contribution < -0.4 is 9.47 Å². The lowest BCUT2D eigenvalue weighted by atomic mass is 10.0. The SMILES string of the molecule is Cc1c(CCC=O)c(Cl)cc2c1OCCCO2. The van der Waals surface area contributed by atoms with Gasteiger partial charge in [0.25, 0.3) is 0 Å². The molecule has 0 atom stereocenters. The van der Waals surface area contributed by atoms with Gasteiger partial charge in [0.1, 0.15) is 6.29 Å². The Hall–Kier alpha value is -1.22. The van der Waals surface area contributed by atoms with Crippen LogP contribution in [-0.4, -0.2) is 19.5 Å². The fraction of sp³-hybridized carbons (Fsp3) is 0.462. The Morgan fingerprint density at radius 2 is 2.18 bits per heavy atom. The van der Waals surface area contributed by atoms with Gasteiger partial charge < -0.3 is 14.3 Å². The van der Waals surface area contributed by atoms with E-state index in [4.69, 9.17) is 21.1 Å². The van der Waals surface area contributed by atoms with E-state index in [1.807, 2.05) is 6.92 Å². The molecule has 92 valence electrons. The molecular formula is C13H15ClO3. The van der Waals surface area contributed by atoms with Crippen LogP contribution in [-0.2, 0) is 11.2 Å². The van der Waals surface area contributed by atoms with Crippen molar-refractivity contribution in [1.29, 1.82) is 0 Å². The summed E-state index contributed by atoms with van der Waals surface area (Å²) in [6.07, 6.45) is 2.89. The number of rotatable bonds is 3. The predicted molar refractivity (Wildman–Crippen MR) is 66.2 cm³/mol. The summed E-state index contributed by atoms with van der Waals surface area (Å²) in [4.78, 5) is 10.4. The fourth-order valence-electron chi connectivity index (χ4n) is 1.98. The summed E-state index contributed by atoms with van der Waals surface area (Å²) in [5, 5.41) is 0.647. The Morgan fingerprint density at radius 1 is 1.41 bits per heavy atom. The normalized spacial score (nSPS) is 14.2. The standard InChI is InChI=1S/C13H15ClO3/c1-9-10(4-2-5-15)11(14)8-12-13(9)17-7-3-6-16-12/h5,8H,2-4,6-7H2,1H3. The number of benzene rings is 1. The molecule has 0 radical (unpaired) electrons. The van der Waals surface area contributed by atoms with Crippen molar-refractivity contribution in [3.63, 3.8) is 0 Å². The molecule has 1 aliphatic rings. The third kappa shape index (κ3) is 2.55. The minimum absolute atomic E-state index is 0.472. The first-order chi connectivity index (χ1) is 8.24. The van der Waals surface area contributed by atoms with Crippen molar-refractivity contribution in [1.82, 2.24) is 0 Å². The van der Waals surface area contributed by atoms with Crippen molar-refractivity contribution in [2.45, 2.75) is 26.2 Å². The average molecular weight is 255 g/mol. The zero-order chi connectivity index (χ0) is 12.3. The van der Waals surface area contributed by atoms with Crippen LogP contribution in [0, 0.1) is 6.92 Å². The zero-order valence-electron chi connectivity index (χ0n) is 9.79. The summed E-state index contributed by atoms with van der Waals surface area (Å²) >= 11 is 6.20. The molecule has 0 saturated heterocycles. The number of hydrogen-bond acceptors (Lipinski definition) is 3. The summed E-state index contributed by atoms with van der Waals surface area (Å²) in [7, 11) is 0. The minimum Gasteiger partial charge on any atom is -0.489 e.